The number of hydrogen-bond acceptors (Lipinski definition) is 4. The molecule has 0 radical (unpaired) electrons. The molecule has 4 heteroatoms. The summed E-state index contributed by atoms with van der Waals surface area (Å²) >= 11 is 0. The van der Waals surface area contributed by atoms with Gasteiger partial charge in [0.15, 0.2) is 0 Å². The van der Waals surface area contributed by atoms with Crippen molar-refractivity contribution >= 4 is 0 Å². The van der Waals surface area contributed by atoms with Crippen LogP contribution < -0.4 is 5.32 Å². The van der Waals surface area contributed by atoms with Crippen molar-refractivity contribution in [1.82, 2.24) is 10.3 Å². The highest BCUT2D eigenvalue weighted by molar-refractivity contribution is 5.62. The van der Waals surface area contributed by atoms with E-state index in [0.29, 0.717) is 11.9 Å². The van der Waals surface area contributed by atoms with Crippen LogP contribution in [0.15, 0.2) is 15.1 Å². The zero-order valence-corrected chi connectivity index (χ0v) is 11.6. The molecule has 18 heavy (non-hydrogen) atoms. The van der Waals surface area contributed by atoms with Crippen molar-refractivity contribution in [2.45, 2.75) is 47.2 Å². The van der Waals surface area contributed by atoms with Crippen molar-refractivity contribution in [3.05, 3.63) is 29.0 Å². The van der Waals surface area contributed by atoms with E-state index in [1.165, 1.54) is 0 Å². The molecule has 0 saturated carbocycles. The molecular weight excluding hydrogens is 228 g/mol. The lowest BCUT2D eigenvalue weighted by Gasteiger charge is -2.04. The molecule has 0 fully saturated rings. The normalized spacial score (nSPS) is 11.4. The topological polar surface area (TPSA) is 51.2 Å². The molecule has 4 nitrogen and oxygen atoms in total. The van der Waals surface area contributed by atoms with Gasteiger partial charge in [0.05, 0.1) is 11.3 Å². The van der Waals surface area contributed by atoms with Crippen LogP contribution in [0.1, 0.15) is 36.6 Å². The van der Waals surface area contributed by atoms with Crippen LogP contribution in [0.5, 0.6) is 0 Å². The maximum Gasteiger partial charge on any atom is 0.230 e. The molecule has 0 bridgehead atoms. The third-order valence-electron chi connectivity index (χ3n) is 3.02. The number of rotatable bonds is 4. The van der Waals surface area contributed by atoms with Crippen molar-refractivity contribution in [2.75, 3.05) is 0 Å². The highest BCUT2D eigenvalue weighted by Crippen LogP contribution is 2.30. The van der Waals surface area contributed by atoms with E-state index in [1.807, 2.05) is 20.8 Å². The average Bonchev–Trinajstić information content (AvgIpc) is 2.83. The fraction of sp³-hybridized carbons (Fsp3) is 0.500. The van der Waals surface area contributed by atoms with Gasteiger partial charge in [-0.15, -0.1) is 0 Å². The number of oxazole rings is 1. The monoisotopic (exact) mass is 248 g/mol. The molecule has 2 heterocycles. The number of hydrogen-bond donors (Lipinski definition) is 1. The minimum atomic E-state index is 0.435. The summed E-state index contributed by atoms with van der Waals surface area (Å²) in [5.41, 5.74) is 2.98. The third-order valence-corrected chi connectivity index (χ3v) is 3.02. The van der Waals surface area contributed by atoms with Gasteiger partial charge in [-0.05, 0) is 20.8 Å². The van der Waals surface area contributed by atoms with Crippen LogP contribution >= 0.6 is 0 Å². The molecule has 2 aromatic heterocycles. The molecule has 0 unspecified atom stereocenters. The second kappa shape index (κ2) is 4.98. The van der Waals surface area contributed by atoms with Gasteiger partial charge in [-0.3, -0.25) is 0 Å². The van der Waals surface area contributed by atoms with Crippen molar-refractivity contribution in [1.29, 1.82) is 0 Å². The van der Waals surface area contributed by atoms with Gasteiger partial charge in [-0.2, -0.15) is 0 Å². The average molecular weight is 248 g/mol. The standard InChI is InChI=1S/C14H20N2O2/c1-8(2)15-6-12-7-17-14(16-12)13-9(3)10(4)18-11(13)5/h7-8,15H,6H2,1-5H3. The van der Waals surface area contributed by atoms with E-state index in [4.69, 9.17) is 8.83 Å². The highest BCUT2D eigenvalue weighted by atomic mass is 16.4. The van der Waals surface area contributed by atoms with Crippen LogP contribution in [-0.2, 0) is 6.54 Å². The Labute approximate surface area is 107 Å². The smallest absolute Gasteiger partial charge is 0.230 e. The second-order valence-corrected chi connectivity index (χ2v) is 4.89. The molecule has 0 aliphatic heterocycles. The predicted octanol–water partition coefficient (Wildman–Crippen LogP) is 3.36. The summed E-state index contributed by atoms with van der Waals surface area (Å²) in [6, 6.07) is 0.435. The first kappa shape index (κ1) is 12.9. The Bertz CT molecular complexity index is 538. The lowest BCUT2D eigenvalue weighted by molar-refractivity contribution is 0.501. The van der Waals surface area contributed by atoms with E-state index in [1.54, 1.807) is 6.26 Å². The summed E-state index contributed by atoms with van der Waals surface area (Å²) in [6.07, 6.45) is 1.70. The van der Waals surface area contributed by atoms with Gasteiger partial charge in [-0.1, -0.05) is 13.8 Å². The van der Waals surface area contributed by atoms with E-state index in [9.17, 15) is 0 Å². The van der Waals surface area contributed by atoms with E-state index >= 15 is 0 Å². The molecule has 1 N–H and O–H groups in total. The van der Waals surface area contributed by atoms with Crippen molar-refractivity contribution in [3.8, 4) is 11.5 Å². The van der Waals surface area contributed by atoms with E-state index in [-0.39, 0.29) is 0 Å². The minimum Gasteiger partial charge on any atom is -0.466 e. The first-order valence-electron chi connectivity index (χ1n) is 6.23. The molecule has 0 amide bonds. The lowest BCUT2D eigenvalue weighted by Crippen LogP contribution is -2.21. The highest BCUT2D eigenvalue weighted by Gasteiger charge is 2.17. The van der Waals surface area contributed by atoms with Gasteiger partial charge < -0.3 is 14.2 Å². The Morgan fingerprint density at radius 1 is 1.22 bits per heavy atom. The zero-order valence-electron chi connectivity index (χ0n) is 11.6. The van der Waals surface area contributed by atoms with Gasteiger partial charge in [0.2, 0.25) is 5.89 Å². The molecular formula is C14H20N2O2. The number of aryl methyl sites for hydroxylation is 2. The molecule has 2 aromatic rings. The number of furan rings is 1. The Hall–Kier alpha value is -1.55. The Morgan fingerprint density at radius 2 is 1.94 bits per heavy atom. The molecule has 0 aromatic carbocycles. The van der Waals surface area contributed by atoms with Gasteiger partial charge >= 0.3 is 0 Å². The summed E-state index contributed by atoms with van der Waals surface area (Å²) in [5, 5.41) is 3.32. The van der Waals surface area contributed by atoms with Gasteiger partial charge in [0.1, 0.15) is 17.8 Å². The summed E-state index contributed by atoms with van der Waals surface area (Å²) < 4.78 is 11.1. The van der Waals surface area contributed by atoms with Crippen molar-refractivity contribution in [3.63, 3.8) is 0 Å². The molecule has 98 valence electrons. The Morgan fingerprint density at radius 3 is 2.50 bits per heavy atom. The molecule has 2 rings (SSSR count). The molecule has 0 atom stereocenters. The quantitative estimate of drug-likeness (QED) is 0.901. The Balaban J connectivity index is 2.24. The van der Waals surface area contributed by atoms with E-state index in [0.717, 1.165) is 34.9 Å². The van der Waals surface area contributed by atoms with Crippen LogP contribution in [0.4, 0.5) is 0 Å². The largest absolute Gasteiger partial charge is 0.466 e. The van der Waals surface area contributed by atoms with E-state index in [2.05, 4.69) is 24.1 Å². The molecule has 0 saturated heterocycles. The van der Waals surface area contributed by atoms with Gasteiger partial charge in [-0.25, -0.2) is 4.98 Å². The van der Waals surface area contributed by atoms with Crippen molar-refractivity contribution < 1.29 is 8.83 Å². The number of aromatic nitrogens is 1. The van der Waals surface area contributed by atoms with Gasteiger partial charge in [0.25, 0.3) is 0 Å². The SMILES string of the molecule is Cc1oc(C)c(-c2nc(CNC(C)C)co2)c1C. The lowest BCUT2D eigenvalue weighted by atomic mass is 10.1. The molecule has 0 spiro atoms. The fourth-order valence-electron chi connectivity index (χ4n) is 1.92. The minimum absolute atomic E-state index is 0.435. The number of nitrogens with zero attached hydrogens (tertiary/aromatic N) is 1. The van der Waals surface area contributed by atoms with Crippen LogP contribution in [0, 0.1) is 20.8 Å². The van der Waals surface area contributed by atoms with E-state index < -0.39 is 0 Å². The zero-order chi connectivity index (χ0) is 13.3. The maximum atomic E-state index is 5.59. The first-order chi connectivity index (χ1) is 8.49. The summed E-state index contributed by atoms with van der Waals surface area (Å²) in [4.78, 5) is 4.50. The van der Waals surface area contributed by atoms with Gasteiger partial charge in [0, 0.05) is 18.2 Å². The maximum absolute atomic E-state index is 5.59. The molecule has 0 aliphatic carbocycles. The summed E-state index contributed by atoms with van der Waals surface area (Å²) in [5.74, 6) is 2.42. The molecule has 0 aliphatic rings. The Kier molecular flexibility index (Phi) is 3.57. The second-order valence-electron chi connectivity index (χ2n) is 4.89. The summed E-state index contributed by atoms with van der Waals surface area (Å²) in [6.45, 7) is 10.8. The van der Waals surface area contributed by atoms with Crippen LogP contribution in [-0.4, -0.2) is 11.0 Å². The first-order valence-corrected chi connectivity index (χ1v) is 6.23. The summed E-state index contributed by atoms with van der Waals surface area (Å²) in [7, 11) is 0. The van der Waals surface area contributed by atoms with Crippen LogP contribution in [0.3, 0.4) is 0 Å². The predicted molar refractivity (Wildman–Crippen MR) is 70.4 cm³/mol. The fourth-order valence-corrected chi connectivity index (χ4v) is 1.92. The third kappa shape index (κ3) is 2.48. The van der Waals surface area contributed by atoms with Crippen molar-refractivity contribution in [2.24, 2.45) is 0 Å². The van der Waals surface area contributed by atoms with Crippen LogP contribution in [0.2, 0.25) is 0 Å². The van der Waals surface area contributed by atoms with Crippen LogP contribution in [0.25, 0.3) is 11.5 Å². The number of nitrogens with one attached hydrogen (secondary N) is 1.